The summed E-state index contributed by atoms with van der Waals surface area (Å²) in [4.78, 5) is 1.34. The quantitative estimate of drug-likeness (QED) is 0.0676. The lowest BCUT2D eigenvalue weighted by Crippen LogP contribution is -2.11. The highest BCUT2D eigenvalue weighted by Crippen LogP contribution is 2.38. The lowest BCUT2D eigenvalue weighted by molar-refractivity contribution is 0.158. The van der Waals surface area contributed by atoms with Crippen LogP contribution in [-0.4, -0.2) is 45.1 Å². The minimum absolute atomic E-state index is 0.00657. The molecule has 242 valence electrons. The van der Waals surface area contributed by atoms with E-state index >= 15 is 0 Å². The van der Waals surface area contributed by atoms with Gasteiger partial charge in [-0.1, -0.05) is 85.5 Å². The van der Waals surface area contributed by atoms with Crippen molar-refractivity contribution in [2.75, 3.05) is 26.4 Å². The fraction of sp³-hybridized carbons (Fsp3) is 0.297. The molecule has 0 aromatic heterocycles. The predicted molar refractivity (Wildman–Crippen MR) is 182 cm³/mol. The topological polar surface area (TPSA) is 102 Å². The maximum atomic E-state index is 13.7. The van der Waals surface area contributed by atoms with Crippen LogP contribution < -0.4 is 8.92 Å². The minimum atomic E-state index is -4.25. The maximum absolute atomic E-state index is 13.7. The van der Waals surface area contributed by atoms with Gasteiger partial charge in [0.15, 0.2) is 0 Å². The Kier molecular flexibility index (Phi) is 14.0. The van der Waals surface area contributed by atoms with Gasteiger partial charge in [-0.05, 0) is 85.3 Å². The molecule has 0 saturated heterocycles. The molecule has 0 saturated carbocycles. The number of ether oxygens (including phenoxy) is 2. The Labute approximate surface area is 276 Å². The Balaban J connectivity index is 1.61. The van der Waals surface area contributed by atoms with Crippen LogP contribution in [0.5, 0.6) is 11.5 Å². The zero-order chi connectivity index (χ0) is 32.6. The van der Waals surface area contributed by atoms with Gasteiger partial charge in [0.25, 0.3) is 0 Å². The summed E-state index contributed by atoms with van der Waals surface area (Å²) >= 11 is 1.31. The summed E-state index contributed by atoms with van der Waals surface area (Å²) in [5.74, 6) is 6.68. The molecule has 7 nitrogen and oxygen atoms in total. The molecule has 0 spiro atoms. The number of benzene rings is 4. The second-order valence-corrected chi connectivity index (χ2v) is 13.1. The van der Waals surface area contributed by atoms with Crippen molar-refractivity contribution >= 4 is 21.9 Å². The van der Waals surface area contributed by atoms with Gasteiger partial charge < -0.3 is 23.9 Å². The largest absolute Gasteiger partial charge is 0.494 e. The molecule has 4 rings (SSSR count). The highest BCUT2D eigenvalue weighted by atomic mass is 32.2. The van der Waals surface area contributed by atoms with Crippen molar-refractivity contribution in [1.29, 1.82) is 0 Å². The van der Waals surface area contributed by atoms with Crippen molar-refractivity contribution in [3.05, 3.63) is 103 Å². The molecule has 2 N–H and O–H groups in total. The van der Waals surface area contributed by atoms with Gasteiger partial charge in [0.1, 0.15) is 29.1 Å². The number of rotatable bonds is 17. The Hall–Kier alpha value is -3.78. The smallest absolute Gasteiger partial charge is 0.340 e. The summed E-state index contributed by atoms with van der Waals surface area (Å²) in [5.41, 5.74) is 1.79. The third-order valence-corrected chi connectivity index (χ3v) is 9.41. The zero-order valence-electron chi connectivity index (χ0n) is 25.9. The van der Waals surface area contributed by atoms with E-state index in [1.807, 2.05) is 42.5 Å². The Morgan fingerprint density at radius 2 is 1.59 bits per heavy atom. The number of hydrogen-bond acceptors (Lipinski definition) is 8. The van der Waals surface area contributed by atoms with E-state index in [-0.39, 0.29) is 23.9 Å². The minimum Gasteiger partial charge on any atom is -0.494 e. The monoisotopic (exact) mass is 660 g/mol. The summed E-state index contributed by atoms with van der Waals surface area (Å²) < 4.78 is 44.3. The third kappa shape index (κ3) is 10.6. The number of para-hydroxylation sites is 1. The lowest BCUT2D eigenvalue weighted by Gasteiger charge is -2.16. The first-order valence-corrected chi connectivity index (χ1v) is 17.6. The van der Waals surface area contributed by atoms with Gasteiger partial charge in [-0.3, -0.25) is 0 Å². The molecule has 1 atom stereocenters. The van der Waals surface area contributed by atoms with Crippen molar-refractivity contribution in [2.24, 2.45) is 0 Å². The zero-order valence-corrected chi connectivity index (χ0v) is 27.6. The summed E-state index contributed by atoms with van der Waals surface area (Å²) in [7, 11) is -4.25. The Morgan fingerprint density at radius 1 is 0.826 bits per heavy atom. The van der Waals surface area contributed by atoms with E-state index in [1.54, 1.807) is 54.6 Å². The molecule has 4 aromatic carbocycles. The molecular weight excluding hydrogens is 621 g/mol. The van der Waals surface area contributed by atoms with E-state index in [2.05, 4.69) is 18.8 Å². The highest BCUT2D eigenvalue weighted by Gasteiger charge is 2.24. The number of aliphatic hydroxyl groups excluding tert-OH is 2. The summed E-state index contributed by atoms with van der Waals surface area (Å²) in [6.45, 7) is 3.63. The average Bonchev–Trinajstić information content (AvgIpc) is 3.07. The SMILES string of the molecule is CCCCOc1ccc(Sc2ccc(-c3ccccc3C(O)C#CCOCCCCCO)cc2S(=O)(=O)Oc2ccccc2)cc1. The van der Waals surface area contributed by atoms with Gasteiger partial charge in [0.05, 0.1) is 6.61 Å². The molecule has 0 fully saturated rings. The van der Waals surface area contributed by atoms with Crippen LogP contribution in [0.1, 0.15) is 50.7 Å². The van der Waals surface area contributed by atoms with Crippen molar-refractivity contribution in [3.8, 4) is 34.5 Å². The van der Waals surface area contributed by atoms with Crippen LogP contribution >= 0.6 is 11.8 Å². The van der Waals surface area contributed by atoms with Crippen LogP contribution in [0.25, 0.3) is 11.1 Å². The molecule has 0 radical (unpaired) electrons. The fourth-order valence-corrected chi connectivity index (χ4v) is 6.79. The molecule has 0 aliphatic carbocycles. The Bertz CT molecular complexity index is 1680. The van der Waals surface area contributed by atoms with Crippen LogP contribution in [0.2, 0.25) is 0 Å². The molecule has 0 amide bonds. The molecule has 0 bridgehead atoms. The summed E-state index contributed by atoms with van der Waals surface area (Å²) in [6, 6.07) is 28.3. The second-order valence-electron chi connectivity index (χ2n) is 10.4. The van der Waals surface area contributed by atoms with Gasteiger partial charge in [0, 0.05) is 28.6 Å². The van der Waals surface area contributed by atoms with Gasteiger partial charge in [-0.25, -0.2) is 0 Å². The van der Waals surface area contributed by atoms with Crippen molar-refractivity contribution in [3.63, 3.8) is 0 Å². The molecule has 1 unspecified atom stereocenters. The molecular formula is C37H40O7S2. The van der Waals surface area contributed by atoms with E-state index in [4.69, 9.17) is 18.8 Å². The first kappa shape index (κ1) is 35.1. The van der Waals surface area contributed by atoms with Crippen LogP contribution in [0.4, 0.5) is 0 Å². The molecule has 4 aromatic rings. The highest BCUT2D eigenvalue weighted by molar-refractivity contribution is 8.00. The van der Waals surface area contributed by atoms with Crippen LogP contribution in [0.15, 0.2) is 112 Å². The van der Waals surface area contributed by atoms with Crippen molar-refractivity contribution in [1.82, 2.24) is 0 Å². The number of hydrogen-bond donors (Lipinski definition) is 2. The van der Waals surface area contributed by atoms with E-state index < -0.39 is 16.2 Å². The Morgan fingerprint density at radius 3 is 2.35 bits per heavy atom. The third-order valence-electron chi connectivity index (χ3n) is 6.91. The van der Waals surface area contributed by atoms with E-state index in [0.29, 0.717) is 34.8 Å². The van der Waals surface area contributed by atoms with Crippen molar-refractivity contribution < 1.29 is 32.3 Å². The number of unbranched alkanes of at least 4 members (excludes halogenated alkanes) is 3. The normalized spacial score (nSPS) is 11.8. The number of aliphatic hydroxyl groups is 2. The van der Waals surface area contributed by atoms with E-state index in [9.17, 15) is 13.5 Å². The molecule has 46 heavy (non-hydrogen) atoms. The predicted octanol–water partition coefficient (Wildman–Crippen LogP) is 7.67. The van der Waals surface area contributed by atoms with Gasteiger partial charge in [-0.2, -0.15) is 8.42 Å². The molecule has 0 aliphatic rings. The molecule has 0 aliphatic heterocycles. The van der Waals surface area contributed by atoms with Gasteiger partial charge >= 0.3 is 10.1 Å². The maximum Gasteiger partial charge on any atom is 0.340 e. The fourth-order valence-electron chi connectivity index (χ4n) is 4.50. The summed E-state index contributed by atoms with van der Waals surface area (Å²) in [5, 5.41) is 19.9. The van der Waals surface area contributed by atoms with Gasteiger partial charge in [0.2, 0.25) is 0 Å². The average molecular weight is 661 g/mol. The summed E-state index contributed by atoms with van der Waals surface area (Å²) in [6.07, 6.45) is 3.37. The van der Waals surface area contributed by atoms with Crippen LogP contribution in [-0.2, 0) is 14.9 Å². The molecule has 0 heterocycles. The van der Waals surface area contributed by atoms with E-state index in [1.165, 1.54) is 11.8 Å². The first-order chi connectivity index (χ1) is 22.4. The standard InChI is InChI=1S/C37H40O7S2/c1-2-3-27-43-30-19-21-32(22-20-30)45-36-23-18-29(28-37(36)46(40,41)44-31-13-6-4-7-14-31)33-15-8-9-16-34(33)35(39)17-12-26-42-25-11-5-10-24-38/h4,6-9,13-16,18-23,28,35,38-39H,2-3,5,10-11,24-27H2,1H3. The second kappa shape index (κ2) is 18.4. The van der Waals surface area contributed by atoms with Crippen LogP contribution in [0, 0.1) is 11.8 Å². The van der Waals surface area contributed by atoms with E-state index in [0.717, 1.165) is 42.7 Å². The molecule has 9 heteroatoms. The van der Waals surface area contributed by atoms with Crippen LogP contribution in [0.3, 0.4) is 0 Å². The van der Waals surface area contributed by atoms with Crippen molar-refractivity contribution in [2.45, 2.75) is 59.8 Å². The van der Waals surface area contributed by atoms with Gasteiger partial charge in [-0.15, -0.1) is 0 Å². The lowest BCUT2D eigenvalue weighted by atomic mass is 9.96. The first-order valence-electron chi connectivity index (χ1n) is 15.4.